The van der Waals surface area contributed by atoms with Gasteiger partial charge in [-0.2, -0.15) is 9.78 Å². The number of nitrogens with zero attached hydrogens (tertiary/aromatic N) is 5. The van der Waals surface area contributed by atoms with Gasteiger partial charge in [-0.3, -0.25) is 9.69 Å². The van der Waals surface area contributed by atoms with Gasteiger partial charge in [-0.15, -0.1) is 11.3 Å². The molecule has 12 heteroatoms. The third kappa shape index (κ3) is 5.60. The number of fused-ring (bicyclic) bond motifs is 1. The molecule has 3 aromatic rings. The van der Waals surface area contributed by atoms with Gasteiger partial charge in [0.2, 0.25) is 0 Å². The molecule has 0 atom stereocenters. The first kappa shape index (κ1) is 27.8. The van der Waals surface area contributed by atoms with Gasteiger partial charge in [0.1, 0.15) is 11.3 Å². The molecule has 1 saturated heterocycles. The monoisotopic (exact) mass is 580 g/mol. The molecule has 3 aliphatic rings. The van der Waals surface area contributed by atoms with Gasteiger partial charge in [-0.1, -0.05) is 4.98 Å². The molecule has 2 fully saturated rings. The van der Waals surface area contributed by atoms with Crippen molar-refractivity contribution >= 4 is 35.0 Å². The number of aromatic amines is 1. The van der Waals surface area contributed by atoms with E-state index in [4.69, 9.17) is 14.5 Å². The van der Waals surface area contributed by atoms with Crippen molar-refractivity contribution in [2.24, 2.45) is 0 Å². The predicted octanol–water partition coefficient (Wildman–Crippen LogP) is 4.25. The van der Waals surface area contributed by atoms with E-state index in [1.807, 2.05) is 44.0 Å². The van der Waals surface area contributed by atoms with Crippen LogP contribution >= 0.6 is 11.3 Å². The second-order valence-electron chi connectivity index (χ2n) is 12.4. The summed E-state index contributed by atoms with van der Waals surface area (Å²) in [5, 5.41) is 7.67. The predicted molar refractivity (Wildman–Crippen MR) is 155 cm³/mol. The number of hydrogen-bond donors (Lipinski definition) is 1. The molecule has 3 aromatic heterocycles. The van der Waals surface area contributed by atoms with E-state index in [1.54, 1.807) is 17.5 Å². The zero-order valence-corrected chi connectivity index (χ0v) is 25.1. The molecular formula is C29H38N7O4S+. The molecule has 0 bridgehead atoms. The van der Waals surface area contributed by atoms with Gasteiger partial charge in [0, 0.05) is 43.0 Å². The highest BCUT2D eigenvalue weighted by atomic mass is 32.1. The van der Waals surface area contributed by atoms with E-state index in [-0.39, 0.29) is 17.4 Å². The summed E-state index contributed by atoms with van der Waals surface area (Å²) in [7, 11) is 0. The van der Waals surface area contributed by atoms with Crippen LogP contribution in [0, 0.1) is 0 Å². The van der Waals surface area contributed by atoms with Crippen molar-refractivity contribution < 1.29 is 24.0 Å². The number of aromatic nitrogens is 4. The first-order valence-corrected chi connectivity index (χ1v) is 15.1. The third-order valence-electron chi connectivity index (χ3n) is 7.72. The maximum Gasteiger partial charge on any atom is 0.435 e. The number of ether oxygens (including phenoxy) is 2. The van der Waals surface area contributed by atoms with Gasteiger partial charge in [-0.05, 0) is 53.5 Å². The first-order chi connectivity index (χ1) is 19.5. The average Bonchev–Trinajstić information content (AvgIpc) is 3.44. The first-order valence-electron chi connectivity index (χ1n) is 14.2. The molecule has 5 heterocycles. The molecule has 0 radical (unpaired) electrons. The Morgan fingerprint density at radius 2 is 2.00 bits per heavy atom. The Balaban J connectivity index is 1.20. The minimum Gasteiger partial charge on any atom is -0.442 e. The van der Waals surface area contributed by atoms with E-state index in [9.17, 15) is 9.59 Å². The van der Waals surface area contributed by atoms with Crippen LogP contribution in [-0.4, -0.2) is 81.6 Å². The van der Waals surface area contributed by atoms with Crippen LogP contribution < -0.4 is 10.3 Å². The Morgan fingerprint density at radius 1 is 1.24 bits per heavy atom. The smallest absolute Gasteiger partial charge is 0.435 e. The molecule has 11 nitrogen and oxygen atoms in total. The van der Waals surface area contributed by atoms with Crippen LogP contribution in [0.4, 0.5) is 16.4 Å². The molecule has 6 rings (SSSR count). The van der Waals surface area contributed by atoms with Crippen LogP contribution in [-0.2, 0) is 15.0 Å². The topological polar surface area (TPSA) is 116 Å². The molecule has 41 heavy (non-hydrogen) atoms. The van der Waals surface area contributed by atoms with E-state index < -0.39 is 11.7 Å². The number of rotatable bonds is 7. The SMILES string of the molecule is CC(C)(C)OC(=O)n1ncc(Nc2nc(-c3cc4c(s3)C(C)(C)N(CCN3CCOCC3)C4=O)cc[nH+]2)c1C1CC1. The number of morpholine rings is 1. The molecule has 2 aliphatic heterocycles. The summed E-state index contributed by atoms with van der Waals surface area (Å²) in [6.45, 7) is 14.6. The van der Waals surface area contributed by atoms with Crippen molar-refractivity contribution in [1.82, 2.24) is 24.6 Å². The zero-order chi connectivity index (χ0) is 28.9. The largest absolute Gasteiger partial charge is 0.442 e. The summed E-state index contributed by atoms with van der Waals surface area (Å²) < 4.78 is 12.4. The lowest BCUT2D eigenvalue weighted by atomic mass is 10.0. The van der Waals surface area contributed by atoms with Crippen LogP contribution in [0.2, 0.25) is 0 Å². The molecule has 218 valence electrons. The summed E-state index contributed by atoms with van der Waals surface area (Å²) in [4.78, 5) is 40.6. The second kappa shape index (κ2) is 10.5. The van der Waals surface area contributed by atoms with E-state index in [0.717, 1.165) is 78.1 Å². The minimum atomic E-state index is -0.613. The van der Waals surface area contributed by atoms with Crippen molar-refractivity contribution in [2.45, 2.75) is 64.5 Å². The fraction of sp³-hybridized carbons (Fsp3) is 0.552. The molecule has 0 spiro atoms. The van der Waals surface area contributed by atoms with Gasteiger partial charge in [-0.25, -0.2) is 15.1 Å². The molecule has 2 N–H and O–H groups in total. The lowest BCUT2D eigenvalue weighted by Crippen LogP contribution is -2.46. The molecule has 1 aliphatic carbocycles. The molecule has 1 saturated carbocycles. The van der Waals surface area contributed by atoms with E-state index in [0.29, 0.717) is 12.5 Å². The van der Waals surface area contributed by atoms with Gasteiger partial charge >= 0.3 is 12.0 Å². The Hall–Kier alpha value is -3.35. The number of carbonyl (C=O) groups excluding carboxylic acids is 2. The maximum absolute atomic E-state index is 13.5. The fourth-order valence-corrected chi connectivity index (χ4v) is 6.70. The van der Waals surface area contributed by atoms with Crippen molar-refractivity contribution in [3.8, 4) is 10.6 Å². The average molecular weight is 581 g/mol. The number of nitrogens with one attached hydrogen (secondary N) is 2. The Labute approximate surface area is 243 Å². The van der Waals surface area contributed by atoms with Gasteiger partial charge in [0.15, 0.2) is 5.69 Å². The van der Waals surface area contributed by atoms with Crippen molar-refractivity contribution in [1.29, 1.82) is 0 Å². The summed E-state index contributed by atoms with van der Waals surface area (Å²) in [6, 6.07) is 3.88. The molecular weight excluding hydrogens is 542 g/mol. The highest BCUT2D eigenvalue weighted by molar-refractivity contribution is 7.16. The van der Waals surface area contributed by atoms with Gasteiger partial charge in [0.25, 0.3) is 5.91 Å². The number of thiophene rings is 1. The summed E-state index contributed by atoms with van der Waals surface area (Å²) in [5.74, 6) is 0.847. The van der Waals surface area contributed by atoms with Crippen LogP contribution in [0.25, 0.3) is 10.6 Å². The molecule has 0 aromatic carbocycles. The summed E-state index contributed by atoms with van der Waals surface area (Å²) >= 11 is 1.62. The van der Waals surface area contributed by atoms with E-state index in [1.165, 1.54) is 4.68 Å². The fourth-order valence-electron chi connectivity index (χ4n) is 5.47. The lowest BCUT2D eigenvalue weighted by Gasteiger charge is -2.35. The normalized spacial score (nSPS) is 19.0. The molecule has 0 unspecified atom stereocenters. The van der Waals surface area contributed by atoms with Gasteiger partial charge < -0.3 is 14.4 Å². The maximum atomic E-state index is 13.5. The Morgan fingerprint density at radius 3 is 2.68 bits per heavy atom. The zero-order valence-electron chi connectivity index (χ0n) is 24.3. The highest BCUT2D eigenvalue weighted by Crippen LogP contribution is 2.46. The lowest BCUT2D eigenvalue weighted by molar-refractivity contribution is -0.364. The Bertz CT molecular complexity index is 1460. The van der Waals surface area contributed by atoms with Crippen LogP contribution in [0.1, 0.15) is 74.3 Å². The number of hydrogen-bond acceptors (Lipinski definition) is 9. The van der Waals surface area contributed by atoms with Crippen LogP contribution in [0.15, 0.2) is 24.5 Å². The third-order valence-corrected chi connectivity index (χ3v) is 9.19. The van der Waals surface area contributed by atoms with Crippen molar-refractivity contribution in [3.05, 3.63) is 40.7 Å². The van der Waals surface area contributed by atoms with Crippen molar-refractivity contribution in [3.63, 3.8) is 0 Å². The standard InChI is InChI=1S/C29H37N7O4S/c1-28(2,3)40-27(38)36-23(18-6-7-18)21(17-31-36)33-26-30-9-8-20(32-26)22-16-19-24(41-22)29(4,5)35(25(19)37)11-10-34-12-14-39-15-13-34/h8-9,16-18H,6-7,10-15H2,1-5H3,(H,30,32,33)/p+1. The number of amides is 1. The van der Waals surface area contributed by atoms with Crippen LogP contribution in [0.3, 0.4) is 0 Å². The highest BCUT2D eigenvalue weighted by Gasteiger charge is 2.45. The van der Waals surface area contributed by atoms with E-state index in [2.05, 4.69) is 34.1 Å². The number of anilines is 2. The quantitative estimate of drug-likeness (QED) is 0.441. The van der Waals surface area contributed by atoms with Crippen molar-refractivity contribution in [2.75, 3.05) is 44.7 Å². The molecule has 1 amide bonds. The minimum absolute atomic E-state index is 0.0743. The number of carbonyl (C=O) groups is 2. The number of H-pyrrole nitrogens is 1. The second-order valence-corrected chi connectivity index (χ2v) is 13.4. The summed E-state index contributed by atoms with van der Waals surface area (Å²) in [6.07, 6.45) is 4.97. The Kier molecular flexibility index (Phi) is 7.11. The van der Waals surface area contributed by atoms with Gasteiger partial charge in [0.05, 0.1) is 47.3 Å². The van der Waals surface area contributed by atoms with E-state index >= 15 is 0 Å². The summed E-state index contributed by atoms with van der Waals surface area (Å²) in [5.41, 5.74) is 2.05. The van der Waals surface area contributed by atoms with Crippen LogP contribution in [0.5, 0.6) is 0 Å².